The smallest absolute Gasteiger partial charge is 0.335 e. The van der Waals surface area contributed by atoms with E-state index in [4.69, 9.17) is 13.9 Å². The molecule has 13 atom stereocenters. The van der Waals surface area contributed by atoms with Crippen LogP contribution < -0.4 is 5.63 Å². The molecule has 6 rings (SSSR count). The van der Waals surface area contributed by atoms with Gasteiger partial charge in [-0.15, -0.1) is 0 Å². The predicted molar refractivity (Wildman–Crippen MR) is 141 cm³/mol. The van der Waals surface area contributed by atoms with Crippen LogP contribution in [0.4, 0.5) is 0 Å². The molecule has 41 heavy (non-hydrogen) atoms. The molecule has 1 aliphatic heterocycles. The van der Waals surface area contributed by atoms with Crippen LogP contribution in [0.25, 0.3) is 0 Å². The van der Waals surface area contributed by atoms with Gasteiger partial charge in [0, 0.05) is 17.9 Å². The Labute approximate surface area is 238 Å². The highest BCUT2D eigenvalue weighted by Crippen LogP contribution is 2.71. The van der Waals surface area contributed by atoms with Crippen molar-refractivity contribution in [2.75, 3.05) is 6.61 Å². The molecule has 2 heterocycles. The summed E-state index contributed by atoms with van der Waals surface area (Å²) in [5, 5.41) is 64.7. The molecule has 1 saturated heterocycles. The van der Waals surface area contributed by atoms with Gasteiger partial charge in [-0.25, -0.2) is 4.79 Å². The first-order valence-electron chi connectivity index (χ1n) is 14.9. The normalized spacial score (nSPS) is 51.3. The number of aldehydes is 1. The molecular formula is C30H42O11. The van der Waals surface area contributed by atoms with Crippen molar-refractivity contribution in [2.24, 2.45) is 22.7 Å². The van der Waals surface area contributed by atoms with Crippen molar-refractivity contribution in [3.8, 4) is 0 Å². The fourth-order valence-corrected chi connectivity index (χ4v) is 9.72. The van der Waals surface area contributed by atoms with E-state index in [2.05, 4.69) is 6.92 Å². The minimum atomic E-state index is -1.57. The topological polar surface area (TPSA) is 187 Å². The minimum absolute atomic E-state index is 0.00784. The van der Waals surface area contributed by atoms with Crippen LogP contribution in [0.15, 0.2) is 27.6 Å². The lowest BCUT2D eigenvalue weighted by atomic mass is 9.41. The molecule has 4 saturated carbocycles. The maximum absolute atomic E-state index is 13.0. The van der Waals surface area contributed by atoms with E-state index in [1.807, 2.05) is 0 Å². The molecule has 1 aromatic heterocycles. The van der Waals surface area contributed by atoms with Gasteiger partial charge in [0.1, 0.15) is 30.7 Å². The van der Waals surface area contributed by atoms with Gasteiger partial charge in [0.2, 0.25) is 0 Å². The molecule has 0 spiro atoms. The third-order valence-corrected chi connectivity index (χ3v) is 12.0. The summed E-state index contributed by atoms with van der Waals surface area (Å²) in [7, 11) is 0. The standard InChI is InChI=1S/C30H42O11/c1-27-8-5-19-20(30(27,38)11-7-18(27)16-2-3-22(33)39-14-16)6-10-29(37)12-17(4-9-28(19,29)15-32)40-26-25(36)24(35)23(34)21(13-31)41-26/h2-3,14-15,17-21,23-26,31,34-38H,4-13H2,1H3/t17-,18+,19-,20+,21+,23+,24-,25+,26+,27+,28-,29-,30+/m0/s1. The Morgan fingerprint density at radius 2 is 1.73 bits per heavy atom. The molecule has 5 fully saturated rings. The second-order valence-corrected chi connectivity index (χ2v) is 13.5. The summed E-state index contributed by atoms with van der Waals surface area (Å²) < 4.78 is 16.7. The number of carbonyl (C=O) groups excluding carboxylic acids is 1. The number of ether oxygens (including phenoxy) is 2. The molecule has 0 unspecified atom stereocenters. The maximum atomic E-state index is 13.0. The summed E-state index contributed by atoms with van der Waals surface area (Å²) in [6.07, 6.45) is -0.939. The Morgan fingerprint density at radius 3 is 2.41 bits per heavy atom. The Kier molecular flexibility index (Phi) is 7.30. The van der Waals surface area contributed by atoms with Crippen LogP contribution >= 0.6 is 0 Å². The van der Waals surface area contributed by atoms with E-state index in [0.29, 0.717) is 44.9 Å². The second-order valence-electron chi connectivity index (χ2n) is 13.5. The van der Waals surface area contributed by atoms with Gasteiger partial charge in [-0.2, -0.15) is 0 Å². The van der Waals surface area contributed by atoms with Crippen LogP contribution in [0, 0.1) is 22.7 Å². The third-order valence-electron chi connectivity index (χ3n) is 12.0. The summed E-state index contributed by atoms with van der Waals surface area (Å²) in [6, 6.07) is 3.19. The highest BCUT2D eigenvalue weighted by molar-refractivity contribution is 5.64. The van der Waals surface area contributed by atoms with Crippen LogP contribution in [0.1, 0.15) is 76.2 Å². The molecule has 0 bridgehead atoms. The Bertz CT molecular complexity index is 1180. The first-order valence-corrected chi connectivity index (χ1v) is 14.9. The number of hydrogen-bond donors (Lipinski definition) is 6. The number of aliphatic hydroxyl groups is 6. The van der Waals surface area contributed by atoms with E-state index in [0.717, 1.165) is 18.3 Å². The SMILES string of the molecule is C[C@]12CC[C@H]3[C@@H](CC[C@]4(O)C[C@@H](O[C@@H]5O[C@H](CO)[C@@H](O)[C@H](O)[C@H]5O)CC[C@]34C=O)[C@]1(O)CC[C@@H]2c1ccc(=O)oc1. The van der Waals surface area contributed by atoms with Gasteiger partial charge in [0.15, 0.2) is 6.29 Å². The molecule has 11 heteroatoms. The predicted octanol–water partition coefficient (Wildman–Crippen LogP) is 0.360. The molecule has 1 aromatic rings. The van der Waals surface area contributed by atoms with Gasteiger partial charge >= 0.3 is 5.63 Å². The summed E-state index contributed by atoms with van der Waals surface area (Å²) in [6.45, 7) is 1.53. The van der Waals surface area contributed by atoms with E-state index in [9.17, 15) is 40.2 Å². The van der Waals surface area contributed by atoms with E-state index in [-0.39, 0.29) is 24.2 Å². The zero-order valence-corrected chi connectivity index (χ0v) is 23.3. The average Bonchev–Trinajstić information content (AvgIpc) is 3.24. The van der Waals surface area contributed by atoms with Gasteiger partial charge in [-0.3, -0.25) is 0 Å². The van der Waals surface area contributed by atoms with Crippen molar-refractivity contribution in [2.45, 2.75) is 119 Å². The van der Waals surface area contributed by atoms with Crippen LogP contribution in [-0.2, 0) is 14.3 Å². The molecule has 5 aliphatic rings. The Hall–Kier alpha value is -1.70. The first kappa shape index (κ1) is 29.4. The quantitative estimate of drug-likeness (QED) is 0.209. The highest BCUT2D eigenvalue weighted by atomic mass is 16.7. The molecule has 4 aliphatic carbocycles. The zero-order valence-electron chi connectivity index (χ0n) is 23.3. The maximum Gasteiger partial charge on any atom is 0.335 e. The van der Waals surface area contributed by atoms with Crippen LogP contribution in [0.2, 0.25) is 0 Å². The summed E-state index contributed by atoms with van der Waals surface area (Å²) in [5.41, 5.74) is -3.50. The molecule has 11 nitrogen and oxygen atoms in total. The molecule has 0 radical (unpaired) electrons. The largest absolute Gasteiger partial charge is 0.431 e. The number of fused-ring (bicyclic) bond motifs is 5. The molecule has 0 amide bonds. The third kappa shape index (κ3) is 4.15. The Balaban J connectivity index is 1.22. The average molecular weight is 579 g/mol. The van der Waals surface area contributed by atoms with Crippen molar-refractivity contribution >= 4 is 6.29 Å². The van der Waals surface area contributed by atoms with Gasteiger partial charge in [0.25, 0.3) is 0 Å². The molecule has 6 N–H and O–H groups in total. The fraction of sp³-hybridized carbons (Fsp3) is 0.800. The van der Waals surface area contributed by atoms with Crippen molar-refractivity contribution in [3.63, 3.8) is 0 Å². The van der Waals surface area contributed by atoms with E-state index in [1.54, 1.807) is 6.07 Å². The first-order chi connectivity index (χ1) is 19.4. The zero-order chi connectivity index (χ0) is 29.4. The molecular weight excluding hydrogens is 536 g/mol. The van der Waals surface area contributed by atoms with Crippen molar-refractivity contribution in [3.05, 3.63) is 34.4 Å². The van der Waals surface area contributed by atoms with Crippen LogP contribution in [-0.4, -0.2) is 91.5 Å². The van der Waals surface area contributed by atoms with Gasteiger partial charge < -0.3 is 49.3 Å². The van der Waals surface area contributed by atoms with Crippen molar-refractivity contribution in [1.82, 2.24) is 0 Å². The lowest BCUT2D eigenvalue weighted by Gasteiger charge is -2.65. The molecule has 0 aromatic carbocycles. The monoisotopic (exact) mass is 578 g/mol. The lowest BCUT2D eigenvalue weighted by molar-refractivity contribution is -0.322. The van der Waals surface area contributed by atoms with Gasteiger partial charge in [-0.05, 0) is 80.8 Å². The highest BCUT2D eigenvalue weighted by Gasteiger charge is 2.71. The number of carbonyl (C=O) groups is 1. The number of rotatable bonds is 5. The fourth-order valence-electron chi connectivity index (χ4n) is 9.72. The number of aliphatic hydroxyl groups excluding tert-OH is 4. The van der Waals surface area contributed by atoms with E-state index >= 15 is 0 Å². The summed E-state index contributed by atoms with van der Waals surface area (Å²) in [4.78, 5) is 24.6. The van der Waals surface area contributed by atoms with Crippen molar-refractivity contribution in [1.29, 1.82) is 0 Å². The Morgan fingerprint density at radius 1 is 0.976 bits per heavy atom. The summed E-state index contributed by atoms with van der Waals surface area (Å²) >= 11 is 0. The van der Waals surface area contributed by atoms with Gasteiger partial charge in [0.05, 0.1) is 35.6 Å². The number of hydrogen-bond acceptors (Lipinski definition) is 11. The second kappa shape index (κ2) is 10.2. The van der Waals surface area contributed by atoms with Crippen LogP contribution in [0.3, 0.4) is 0 Å². The van der Waals surface area contributed by atoms with E-state index < -0.39 is 71.1 Å². The lowest BCUT2D eigenvalue weighted by Crippen LogP contribution is -2.69. The van der Waals surface area contributed by atoms with Gasteiger partial charge in [-0.1, -0.05) is 6.92 Å². The van der Waals surface area contributed by atoms with E-state index in [1.165, 1.54) is 12.3 Å². The minimum Gasteiger partial charge on any atom is -0.431 e. The van der Waals surface area contributed by atoms with Crippen LogP contribution in [0.5, 0.6) is 0 Å². The molecule has 228 valence electrons. The summed E-state index contributed by atoms with van der Waals surface area (Å²) in [5.74, 6) is -0.402. The van der Waals surface area contributed by atoms with Crippen molar-refractivity contribution < 1.29 is 49.3 Å².